The van der Waals surface area contributed by atoms with Crippen molar-refractivity contribution >= 4 is 8.60 Å². The largest absolute Gasteiger partial charge is 0.508 e. The number of phenols is 3. The summed E-state index contributed by atoms with van der Waals surface area (Å²) >= 11 is 0. The van der Waals surface area contributed by atoms with Crippen molar-refractivity contribution in [3.8, 4) is 52.8 Å². The number of hydrogen-bond acceptors (Lipinski definition) is 6. The zero-order valence-electron chi connectivity index (χ0n) is 27.4. The molecule has 0 aliphatic rings. The van der Waals surface area contributed by atoms with Crippen LogP contribution in [0.25, 0.3) is 0 Å². The topological polar surface area (TPSA) is 121 Å². The van der Waals surface area contributed by atoms with Crippen LogP contribution in [0.5, 0.6) is 17.2 Å². The second kappa shape index (κ2) is 20.3. The molecule has 0 atom stereocenters. The summed E-state index contributed by atoms with van der Waals surface area (Å²) in [7, 11) is -2.62. The molecule has 7 heteroatoms. The van der Waals surface area contributed by atoms with E-state index in [0.717, 1.165) is 16.7 Å². The fraction of sp³-hybridized carbons (Fsp3) is 0.231. The van der Waals surface area contributed by atoms with E-state index in [9.17, 15) is 0 Å². The number of aromatic hydroxyl groups is 3. The van der Waals surface area contributed by atoms with Crippen LogP contribution in [-0.4, -0.2) is 30.0 Å². The van der Waals surface area contributed by atoms with Crippen molar-refractivity contribution in [2.75, 3.05) is 0 Å². The van der Waals surface area contributed by atoms with E-state index in [1.54, 1.807) is 54.6 Å². The third kappa shape index (κ3) is 16.9. The SMILES string of the molecule is C=CC#CC(C)(C)c1ccc(O)cc1.C=CC#CC(C)(C)c1ccc(O)cc1.C=CC#CC(C)(C)c1ccc(O)cc1.OP(O)O. The Labute approximate surface area is 276 Å². The molecule has 0 radical (unpaired) electrons. The molecule has 0 heterocycles. The van der Waals surface area contributed by atoms with Crippen molar-refractivity contribution in [2.45, 2.75) is 57.8 Å². The second-order valence-corrected chi connectivity index (χ2v) is 11.7. The minimum absolute atomic E-state index is 0.206. The van der Waals surface area contributed by atoms with Crippen LogP contribution in [0.3, 0.4) is 0 Å². The maximum Gasteiger partial charge on any atom is 0.324 e. The number of phenolic OH excluding ortho intramolecular Hbond substituents is 3. The lowest BCUT2D eigenvalue weighted by atomic mass is 9.85. The lowest BCUT2D eigenvalue weighted by Gasteiger charge is -2.17. The van der Waals surface area contributed by atoms with E-state index in [-0.39, 0.29) is 33.5 Å². The first-order valence-electron chi connectivity index (χ1n) is 14.1. The normalized spacial score (nSPS) is 10.0. The van der Waals surface area contributed by atoms with Gasteiger partial charge in [0.2, 0.25) is 0 Å². The molecule has 3 rings (SSSR count). The molecule has 0 amide bonds. The summed E-state index contributed by atoms with van der Waals surface area (Å²) in [6.07, 6.45) is 4.76. The van der Waals surface area contributed by atoms with Crippen LogP contribution in [0.15, 0.2) is 111 Å². The summed E-state index contributed by atoms with van der Waals surface area (Å²) in [5, 5.41) is 27.4. The van der Waals surface area contributed by atoms with Gasteiger partial charge in [0.25, 0.3) is 0 Å². The monoisotopic (exact) mass is 640 g/mol. The molecule has 46 heavy (non-hydrogen) atoms. The summed E-state index contributed by atoms with van der Waals surface area (Å²) in [5.41, 5.74) is 2.64. The zero-order chi connectivity index (χ0) is 35.4. The van der Waals surface area contributed by atoms with Crippen LogP contribution in [0.4, 0.5) is 0 Å². The molecule has 0 aliphatic heterocycles. The van der Waals surface area contributed by atoms with Gasteiger partial charge in [0, 0.05) is 0 Å². The molecule has 0 saturated heterocycles. The molecule has 0 spiro atoms. The molecule has 242 valence electrons. The van der Waals surface area contributed by atoms with Gasteiger partial charge >= 0.3 is 8.60 Å². The first-order valence-corrected chi connectivity index (χ1v) is 15.3. The molecule has 0 aliphatic carbocycles. The van der Waals surface area contributed by atoms with E-state index >= 15 is 0 Å². The molecule has 0 saturated carbocycles. The van der Waals surface area contributed by atoms with Gasteiger partial charge in [-0.15, -0.1) is 0 Å². The maximum atomic E-state index is 9.15. The Morgan fingerprint density at radius 3 is 0.783 bits per heavy atom. The van der Waals surface area contributed by atoms with Crippen LogP contribution in [-0.2, 0) is 16.2 Å². The van der Waals surface area contributed by atoms with E-state index in [1.807, 2.05) is 77.9 Å². The second-order valence-electron chi connectivity index (χ2n) is 11.2. The lowest BCUT2D eigenvalue weighted by molar-refractivity contribution is 0.368. The number of benzene rings is 3. The van der Waals surface area contributed by atoms with E-state index < -0.39 is 8.60 Å². The number of rotatable bonds is 3. The Balaban J connectivity index is 0.000000623. The molecule has 0 unspecified atom stereocenters. The minimum Gasteiger partial charge on any atom is -0.508 e. The number of hydrogen-bond donors (Lipinski definition) is 6. The van der Waals surface area contributed by atoms with Crippen LogP contribution >= 0.6 is 8.60 Å². The van der Waals surface area contributed by atoms with Gasteiger partial charge < -0.3 is 30.0 Å². The van der Waals surface area contributed by atoms with Crippen LogP contribution in [0.1, 0.15) is 58.2 Å². The first-order chi connectivity index (χ1) is 21.4. The smallest absolute Gasteiger partial charge is 0.324 e. The zero-order valence-corrected chi connectivity index (χ0v) is 28.3. The van der Waals surface area contributed by atoms with Crippen molar-refractivity contribution in [3.63, 3.8) is 0 Å². The Hall–Kier alpha value is -4.73. The van der Waals surface area contributed by atoms with E-state index in [1.165, 1.54) is 0 Å². The van der Waals surface area contributed by atoms with Crippen molar-refractivity contribution in [1.29, 1.82) is 0 Å². The third-order valence-corrected chi connectivity index (χ3v) is 6.23. The van der Waals surface area contributed by atoms with Gasteiger partial charge in [0.05, 0.1) is 16.2 Å². The summed E-state index contributed by atoms with van der Waals surface area (Å²) < 4.78 is 0. The maximum absolute atomic E-state index is 9.15. The summed E-state index contributed by atoms with van der Waals surface area (Å²) in [6, 6.07) is 21.3. The molecular formula is C39H45O6P. The highest BCUT2D eigenvalue weighted by Gasteiger charge is 2.18. The third-order valence-electron chi connectivity index (χ3n) is 6.23. The van der Waals surface area contributed by atoms with Crippen molar-refractivity contribution in [1.82, 2.24) is 0 Å². The predicted molar refractivity (Wildman–Crippen MR) is 191 cm³/mol. The van der Waals surface area contributed by atoms with Gasteiger partial charge in [-0.1, -0.05) is 91.7 Å². The average Bonchev–Trinajstić information content (AvgIpc) is 2.99. The van der Waals surface area contributed by atoms with Gasteiger partial charge in [0.15, 0.2) is 0 Å². The molecule has 3 aromatic rings. The fourth-order valence-corrected chi connectivity index (χ4v) is 3.55. The highest BCUT2D eigenvalue weighted by atomic mass is 31.2. The average molecular weight is 641 g/mol. The minimum atomic E-state index is -2.62. The Morgan fingerprint density at radius 2 is 0.630 bits per heavy atom. The first kappa shape index (κ1) is 41.3. The highest BCUT2D eigenvalue weighted by molar-refractivity contribution is 7.38. The molecule has 0 bridgehead atoms. The standard InChI is InChI=1S/3C13H14O.H3O3P/c3*1-4-5-10-13(2,3)11-6-8-12(14)9-7-11;1-4(2)3/h3*4,6-9,14H,1H2,2-3H3;1-3H. The van der Waals surface area contributed by atoms with Gasteiger partial charge in [-0.25, -0.2) is 0 Å². The quantitative estimate of drug-likeness (QED) is 0.129. The van der Waals surface area contributed by atoms with E-state index in [0.29, 0.717) is 0 Å². The van der Waals surface area contributed by atoms with E-state index in [2.05, 4.69) is 55.3 Å². The van der Waals surface area contributed by atoms with Crippen molar-refractivity contribution in [3.05, 3.63) is 127 Å². The predicted octanol–water partition coefficient (Wildman–Crippen LogP) is 7.77. The Kier molecular flexibility index (Phi) is 18.2. The molecule has 0 aromatic heterocycles. The molecular weight excluding hydrogens is 595 g/mol. The molecule has 6 nitrogen and oxygen atoms in total. The fourth-order valence-electron chi connectivity index (χ4n) is 3.55. The summed E-state index contributed by atoms with van der Waals surface area (Å²) in [5.74, 6) is 18.7. The van der Waals surface area contributed by atoms with Gasteiger partial charge in [-0.05, 0) is 113 Å². The molecule has 0 fully saturated rings. The molecule has 3 aromatic carbocycles. The van der Waals surface area contributed by atoms with Gasteiger partial charge in [-0.2, -0.15) is 0 Å². The van der Waals surface area contributed by atoms with Crippen LogP contribution in [0, 0.1) is 35.5 Å². The Bertz CT molecular complexity index is 1370. The van der Waals surface area contributed by atoms with Gasteiger partial charge in [-0.3, -0.25) is 0 Å². The van der Waals surface area contributed by atoms with Crippen LogP contribution < -0.4 is 0 Å². The summed E-state index contributed by atoms with van der Waals surface area (Å²) in [6.45, 7) is 22.9. The van der Waals surface area contributed by atoms with Crippen molar-refractivity contribution in [2.24, 2.45) is 0 Å². The van der Waals surface area contributed by atoms with Gasteiger partial charge in [0.1, 0.15) is 17.2 Å². The highest BCUT2D eigenvalue weighted by Crippen LogP contribution is 2.25. The summed E-state index contributed by atoms with van der Waals surface area (Å²) in [4.78, 5) is 21.7. The number of allylic oxidation sites excluding steroid dienone is 3. The van der Waals surface area contributed by atoms with Crippen LogP contribution in [0.2, 0.25) is 0 Å². The van der Waals surface area contributed by atoms with Crippen molar-refractivity contribution < 1.29 is 30.0 Å². The Morgan fingerprint density at radius 1 is 0.457 bits per heavy atom. The molecule has 6 N–H and O–H groups in total. The van der Waals surface area contributed by atoms with E-state index in [4.69, 9.17) is 30.0 Å². The lowest BCUT2D eigenvalue weighted by Crippen LogP contribution is -2.13.